The number of aryl methyl sites for hydroxylation is 1. The van der Waals surface area contributed by atoms with Crippen molar-refractivity contribution in [1.82, 2.24) is 4.90 Å². The average molecular weight is 252 g/mol. The van der Waals surface area contributed by atoms with Crippen LogP contribution in [-0.2, 0) is 4.74 Å². The number of methoxy groups -OCH3 is 1. The Morgan fingerprint density at radius 3 is 2.72 bits per heavy atom. The number of benzene rings is 1. The number of rotatable bonds is 6. The summed E-state index contributed by atoms with van der Waals surface area (Å²) in [6, 6.07) is 5.22. The minimum absolute atomic E-state index is 0.0726. The van der Waals surface area contributed by atoms with Gasteiger partial charge in [-0.25, -0.2) is 0 Å². The molecule has 5 nitrogen and oxygen atoms in total. The van der Waals surface area contributed by atoms with Crippen LogP contribution in [0.1, 0.15) is 15.9 Å². The Morgan fingerprint density at radius 1 is 1.44 bits per heavy atom. The Kier molecular flexibility index (Phi) is 5.61. The zero-order valence-electron chi connectivity index (χ0n) is 10.8. The predicted octanol–water partition coefficient (Wildman–Crippen LogP) is 0.658. The lowest BCUT2D eigenvalue weighted by Crippen LogP contribution is -2.36. The van der Waals surface area contributed by atoms with E-state index in [2.05, 4.69) is 0 Å². The molecule has 3 N–H and O–H groups in total. The van der Waals surface area contributed by atoms with Crippen LogP contribution in [0.15, 0.2) is 18.2 Å². The second kappa shape index (κ2) is 6.98. The van der Waals surface area contributed by atoms with Crippen molar-refractivity contribution in [3.63, 3.8) is 0 Å². The average Bonchev–Trinajstić information content (AvgIpc) is 2.37. The molecule has 100 valence electrons. The number of carbonyl (C=O) groups excluding carboxylic acids is 1. The van der Waals surface area contributed by atoms with E-state index < -0.39 is 0 Å². The van der Waals surface area contributed by atoms with E-state index in [4.69, 9.17) is 15.6 Å². The van der Waals surface area contributed by atoms with Gasteiger partial charge in [0.05, 0.1) is 13.2 Å². The van der Waals surface area contributed by atoms with Gasteiger partial charge in [-0.15, -0.1) is 0 Å². The summed E-state index contributed by atoms with van der Waals surface area (Å²) in [6.07, 6.45) is 0. The number of nitrogens with zero attached hydrogens (tertiary/aromatic N) is 1. The van der Waals surface area contributed by atoms with E-state index in [-0.39, 0.29) is 19.1 Å². The van der Waals surface area contributed by atoms with Gasteiger partial charge in [0, 0.05) is 31.5 Å². The molecule has 0 fully saturated rings. The minimum Gasteiger partial charge on any atom is -0.398 e. The normalized spacial score (nSPS) is 10.4. The summed E-state index contributed by atoms with van der Waals surface area (Å²) in [4.78, 5) is 13.8. The highest BCUT2D eigenvalue weighted by atomic mass is 16.5. The summed E-state index contributed by atoms with van der Waals surface area (Å²) in [5.74, 6) is -0.146. The highest BCUT2D eigenvalue weighted by molar-refractivity contribution is 5.95. The molecule has 1 aromatic carbocycles. The first-order chi connectivity index (χ1) is 8.60. The summed E-state index contributed by atoms with van der Waals surface area (Å²) in [5, 5.41) is 8.97. The quantitative estimate of drug-likeness (QED) is 0.729. The van der Waals surface area contributed by atoms with Gasteiger partial charge in [-0.1, -0.05) is 6.07 Å². The Labute approximate surface area is 107 Å². The van der Waals surface area contributed by atoms with Crippen LogP contribution in [0.4, 0.5) is 5.69 Å². The fraction of sp³-hybridized carbons (Fsp3) is 0.462. The van der Waals surface area contributed by atoms with E-state index in [9.17, 15) is 4.79 Å². The Hall–Kier alpha value is -1.59. The third-order valence-corrected chi connectivity index (χ3v) is 2.75. The van der Waals surface area contributed by atoms with Gasteiger partial charge in [0.2, 0.25) is 0 Å². The molecule has 0 spiro atoms. The van der Waals surface area contributed by atoms with Gasteiger partial charge >= 0.3 is 0 Å². The van der Waals surface area contributed by atoms with Gasteiger partial charge in [0.15, 0.2) is 0 Å². The maximum Gasteiger partial charge on any atom is 0.254 e. The smallest absolute Gasteiger partial charge is 0.254 e. The van der Waals surface area contributed by atoms with Crippen LogP contribution in [0.25, 0.3) is 0 Å². The van der Waals surface area contributed by atoms with Gasteiger partial charge in [-0.2, -0.15) is 0 Å². The first-order valence-electron chi connectivity index (χ1n) is 5.85. The second-order valence-electron chi connectivity index (χ2n) is 4.08. The number of hydrogen-bond acceptors (Lipinski definition) is 4. The summed E-state index contributed by atoms with van der Waals surface area (Å²) in [5.41, 5.74) is 7.85. The number of aliphatic hydroxyl groups excluding tert-OH is 1. The largest absolute Gasteiger partial charge is 0.398 e. The van der Waals surface area contributed by atoms with Crippen LogP contribution in [-0.4, -0.2) is 49.3 Å². The molecule has 0 aliphatic rings. The zero-order valence-corrected chi connectivity index (χ0v) is 10.8. The number of hydrogen-bond donors (Lipinski definition) is 2. The van der Waals surface area contributed by atoms with Crippen molar-refractivity contribution in [3.05, 3.63) is 29.3 Å². The van der Waals surface area contributed by atoms with Crippen LogP contribution < -0.4 is 5.73 Å². The van der Waals surface area contributed by atoms with Crippen LogP contribution in [0.3, 0.4) is 0 Å². The summed E-state index contributed by atoms with van der Waals surface area (Å²) in [7, 11) is 1.57. The monoisotopic (exact) mass is 252 g/mol. The van der Waals surface area contributed by atoms with E-state index in [0.717, 1.165) is 5.56 Å². The first-order valence-corrected chi connectivity index (χ1v) is 5.85. The lowest BCUT2D eigenvalue weighted by Gasteiger charge is -2.21. The molecular weight excluding hydrogens is 232 g/mol. The molecule has 0 unspecified atom stereocenters. The Bertz CT molecular complexity index is 407. The van der Waals surface area contributed by atoms with E-state index in [1.54, 1.807) is 24.1 Å². The standard InChI is InChI=1S/C13H20N2O3/c1-10-3-4-11(9-12(10)14)13(17)15(5-7-16)6-8-18-2/h3-4,9,16H,5-8,14H2,1-2H3. The van der Waals surface area contributed by atoms with Gasteiger partial charge in [0.25, 0.3) is 5.91 Å². The number of aliphatic hydroxyl groups is 1. The highest BCUT2D eigenvalue weighted by Crippen LogP contribution is 2.14. The summed E-state index contributed by atoms with van der Waals surface area (Å²) >= 11 is 0. The molecule has 0 atom stereocenters. The Balaban J connectivity index is 2.83. The zero-order chi connectivity index (χ0) is 13.5. The first kappa shape index (κ1) is 14.5. The fourth-order valence-corrected chi connectivity index (χ4v) is 1.59. The SMILES string of the molecule is COCCN(CCO)C(=O)c1ccc(C)c(N)c1. The lowest BCUT2D eigenvalue weighted by molar-refractivity contribution is 0.0656. The molecule has 0 aliphatic carbocycles. The minimum atomic E-state index is -0.146. The molecule has 1 rings (SSSR count). The molecular formula is C13H20N2O3. The van der Waals surface area contributed by atoms with Crippen molar-refractivity contribution < 1.29 is 14.6 Å². The number of anilines is 1. The van der Waals surface area contributed by atoms with Crippen LogP contribution in [0.5, 0.6) is 0 Å². The molecule has 0 bridgehead atoms. The predicted molar refractivity (Wildman–Crippen MR) is 70.5 cm³/mol. The van der Waals surface area contributed by atoms with Crippen molar-refractivity contribution in [1.29, 1.82) is 0 Å². The maximum atomic E-state index is 12.2. The van der Waals surface area contributed by atoms with Crippen molar-refractivity contribution in [2.75, 3.05) is 39.1 Å². The molecule has 0 aromatic heterocycles. The van der Waals surface area contributed by atoms with Gasteiger partial charge in [-0.3, -0.25) is 4.79 Å². The van der Waals surface area contributed by atoms with E-state index in [0.29, 0.717) is 24.4 Å². The van der Waals surface area contributed by atoms with Crippen LogP contribution in [0.2, 0.25) is 0 Å². The molecule has 0 saturated carbocycles. The van der Waals surface area contributed by atoms with Gasteiger partial charge < -0.3 is 20.5 Å². The third-order valence-electron chi connectivity index (χ3n) is 2.75. The van der Waals surface area contributed by atoms with Crippen LogP contribution >= 0.6 is 0 Å². The molecule has 0 heterocycles. The van der Waals surface area contributed by atoms with Crippen molar-refractivity contribution in [2.24, 2.45) is 0 Å². The fourth-order valence-electron chi connectivity index (χ4n) is 1.59. The molecule has 0 aliphatic heterocycles. The number of nitrogen functional groups attached to an aromatic ring is 1. The van der Waals surface area contributed by atoms with E-state index in [1.807, 2.05) is 13.0 Å². The Morgan fingerprint density at radius 2 is 2.17 bits per heavy atom. The molecule has 0 saturated heterocycles. The van der Waals surface area contributed by atoms with E-state index in [1.165, 1.54) is 0 Å². The molecule has 5 heteroatoms. The summed E-state index contributed by atoms with van der Waals surface area (Å²) in [6.45, 7) is 2.99. The van der Waals surface area contributed by atoms with Crippen molar-refractivity contribution in [2.45, 2.75) is 6.92 Å². The molecule has 0 radical (unpaired) electrons. The third kappa shape index (κ3) is 3.72. The number of ether oxygens (including phenoxy) is 1. The highest BCUT2D eigenvalue weighted by Gasteiger charge is 2.15. The number of amides is 1. The number of carbonyl (C=O) groups is 1. The van der Waals surface area contributed by atoms with Crippen molar-refractivity contribution in [3.8, 4) is 0 Å². The molecule has 1 amide bonds. The van der Waals surface area contributed by atoms with E-state index >= 15 is 0 Å². The van der Waals surface area contributed by atoms with Crippen LogP contribution in [0, 0.1) is 6.92 Å². The molecule has 1 aromatic rings. The lowest BCUT2D eigenvalue weighted by atomic mass is 10.1. The topological polar surface area (TPSA) is 75.8 Å². The van der Waals surface area contributed by atoms with Crippen molar-refractivity contribution >= 4 is 11.6 Å². The second-order valence-corrected chi connectivity index (χ2v) is 4.08. The van der Waals surface area contributed by atoms with Gasteiger partial charge in [0.1, 0.15) is 0 Å². The summed E-state index contributed by atoms with van der Waals surface area (Å²) < 4.78 is 4.95. The van der Waals surface area contributed by atoms with Gasteiger partial charge in [-0.05, 0) is 24.6 Å². The number of nitrogens with two attached hydrogens (primary N) is 1. The maximum absolute atomic E-state index is 12.2. The molecule has 18 heavy (non-hydrogen) atoms.